The second-order valence-corrected chi connectivity index (χ2v) is 12.7. The molecule has 4 unspecified atom stereocenters. The number of H-pyrrole nitrogens is 1. The van der Waals surface area contributed by atoms with Gasteiger partial charge < -0.3 is 47.8 Å². The number of aliphatic hydroxyl groups excluding tert-OH is 1. The standard InChI is InChI=1S/C24H39N3O14P2/c1-17-15-27(23(30)26-22(17)29)21-14-19(28)20(41-21)16-39-43(34,35)37-12-7-11-36-42(32,33)38-13-10-25-24(31)40-18-8-5-3-2-4-6-9-18/h2-3,15,18-21,28H,4-14,16H2,1H3,(H,25,31)(H,32,33)(H,34,35)(H,26,29,30)/p-2/b3-2+/t18?,19?,20-,21-/m1/s1. The van der Waals surface area contributed by atoms with Crippen LogP contribution in [0.3, 0.4) is 0 Å². The van der Waals surface area contributed by atoms with Crippen molar-refractivity contribution in [1.29, 1.82) is 0 Å². The topological polar surface area (TPSA) is 240 Å². The number of aliphatic hydroxyl groups is 1. The van der Waals surface area contributed by atoms with E-state index in [1.807, 2.05) is 6.08 Å². The van der Waals surface area contributed by atoms with Gasteiger partial charge in [-0.1, -0.05) is 12.2 Å². The maximum Gasteiger partial charge on any atom is 0.407 e. The van der Waals surface area contributed by atoms with Crippen LogP contribution in [0.1, 0.15) is 56.7 Å². The van der Waals surface area contributed by atoms with Crippen LogP contribution in [-0.2, 0) is 36.7 Å². The summed E-state index contributed by atoms with van der Waals surface area (Å²) in [6, 6.07) is 0. The molecule has 43 heavy (non-hydrogen) atoms. The predicted molar refractivity (Wildman–Crippen MR) is 145 cm³/mol. The molecule has 1 aromatic heterocycles. The Balaban J connectivity index is 1.27. The number of nitrogens with zero attached hydrogens (tertiary/aromatic N) is 1. The zero-order valence-electron chi connectivity index (χ0n) is 23.6. The van der Waals surface area contributed by atoms with Gasteiger partial charge in [-0.2, -0.15) is 0 Å². The molecule has 3 rings (SSSR count). The van der Waals surface area contributed by atoms with E-state index in [2.05, 4.69) is 29.9 Å². The average Bonchev–Trinajstić information content (AvgIpc) is 3.29. The molecule has 1 fully saturated rings. The number of carbonyl (C=O) groups is 1. The van der Waals surface area contributed by atoms with Gasteiger partial charge in [0.2, 0.25) is 0 Å². The molecule has 1 aliphatic heterocycles. The summed E-state index contributed by atoms with van der Waals surface area (Å²) >= 11 is 0. The summed E-state index contributed by atoms with van der Waals surface area (Å²) in [6.07, 6.45) is 5.17. The van der Waals surface area contributed by atoms with Gasteiger partial charge in [0.05, 0.1) is 32.5 Å². The molecule has 0 bridgehead atoms. The van der Waals surface area contributed by atoms with Crippen LogP contribution in [0.2, 0.25) is 0 Å². The van der Waals surface area contributed by atoms with Crippen molar-refractivity contribution in [2.24, 2.45) is 0 Å². The number of aryl methyl sites for hydroxylation is 1. The summed E-state index contributed by atoms with van der Waals surface area (Å²) in [4.78, 5) is 61.5. The quantitative estimate of drug-likeness (QED) is 0.133. The molecule has 0 spiro atoms. The van der Waals surface area contributed by atoms with Crippen molar-refractivity contribution < 1.29 is 56.4 Å². The predicted octanol–water partition coefficient (Wildman–Crippen LogP) is 0.502. The number of nitrogens with one attached hydrogen (secondary N) is 2. The normalized spacial score (nSPS) is 26.0. The number of ether oxygens (including phenoxy) is 2. The number of rotatable bonds is 15. The Kier molecular flexibility index (Phi) is 13.8. The monoisotopic (exact) mass is 653 g/mol. The number of phosphoric ester groups is 2. The highest BCUT2D eigenvalue weighted by Crippen LogP contribution is 2.41. The maximum absolute atomic E-state index is 12.1. The number of allylic oxidation sites excluding steroid dienone is 2. The zero-order chi connectivity index (χ0) is 31.5. The fraction of sp³-hybridized carbons (Fsp3) is 0.708. The molecule has 2 aliphatic rings. The van der Waals surface area contributed by atoms with Crippen LogP contribution in [0.5, 0.6) is 0 Å². The summed E-state index contributed by atoms with van der Waals surface area (Å²) < 4.78 is 54.6. The van der Waals surface area contributed by atoms with Crippen molar-refractivity contribution >= 4 is 21.7 Å². The summed E-state index contributed by atoms with van der Waals surface area (Å²) in [5.41, 5.74) is -1.08. The molecule has 3 N–H and O–H groups in total. The van der Waals surface area contributed by atoms with Crippen LogP contribution < -0.4 is 26.4 Å². The summed E-state index contributed by atoms with van der Waals surface area (Å²) in [6.45, 7) is -0.594. The zero-order valence-corrected chi connectivity index (χ0v) is 25.4. The largest absolute Gasteiger partial charge is 0.756 e. The van der Waals surface area contributed by atoms with Crippen molar-refractivity contribution in [3.8, 4) is 0 Å². The number of alkyl carbamates (subject to hydrolysis) is 1. The van der Waals surface area contributed by atoms with E-state index < -0.39 is 77.9 Å². The molecular weight excluding hydrogens is 616 g/mol. The number of hydrogen-bond acceptors (Lipinski definition) is 14. The van der Waals surface area contributed by atoms with E-state index >= 15 is 0 Å². The Morgan fingerprint density at radius 3 is 2.51 bits per heavy atom. The third-order valence-corrected chi connectivity index (χ3v) is 8.42. The first kappa shape index (κ1) is 35.3. The van der Waals surface area contributed by atoms with E-state index in [1.54, 1.807) is 0 Å². The number of aromatic nitrogens is 2. The summed E-state index contributed by atoms with van der Waals surface area (Å²) in [5, 5.41) is 12.6. The fourth-order valence-electron chi connectivity index (χ4n) is 4.23. The Labute approximate surface area is 247 Å². The molecule has 6 atom stereocenters. The van der Waals surface area contributed by atoms with Gasteiger partial charge >= 0.3 is 11.8 Å². The molecule has 1 saturated heterocycles. The van der Waals surface area contributed by atoms with E-state index in [0.29, 0.717) is 6.42 Å². The van der Waals surface area contributed by atoms with Crippen molar-refractivity contribution in [3.63, 3.8) is 0 Å². The van der Waals surface area contributed by atoms with E-state index in [0.717, 1.165) is 30.3 Å². The van der Waals surface area contributed by atoms with Crippen molar-refractivity contribution in [3.05, 3.63) is 44.8 Å². The number of carbonyl (C=O) groups excluding carboxylic acids is 1. The highest BCUT2D eigenvalue weighted by molar-refractivity contribution is 7.46. The Bertz CT molecular complexity index is 1300. The van der Waals surface area contributed by atoms with Crippen LogP contribution in [0.4, 0.5) is 4.79 Å². The SMILES string of the molecule is Cc1cn([C@H]2CC(O)[C@@H](COP(=O)([O-])OCCCOP(=O)([O-])OCCNC(=O)OC3CC/C=C/CCC3)O2)c(=O)[nH]c1=O. The van der Waals surface area contributed by atoms with Gasteiger partial charge in [-0.15, -0.1) is 0 Å². The highest BCUT2D eigenvalue weighted by atomic mass is 31.2. The van der Waals surface area contributed by atoms with Gasteiger partial charge in [0, 0.05) is 24.7 Å². The van der Waals surface area contributed by atoms with Crippen LogP contribution >= 0.6 is 15.6 Å². The van der Waals surface area contributed by atoms with Gasteiger partial charge in [0.1, 0.15) is 18.4 Å². The molecule has 1 amide bonds. The first-order chi connectivity index (χ1) is 20.3. The molecule has 0 aromatic carbocycles. The number of aromatic amines is 1. The van der Waals surface area contributed by atoms with Crippen molar-refractivity contribution in [2.75, 3.05) is 33.0 Å². The molecule has 0 radical (unpaired) electrons. The lowest BCUT2D eigenvalue weighted by molar-refractivity contribution is -0.229. The average molecular weight is 654 g/mol. The lowest BCUT2D eigenvalue weighted by Crippen LogP contribution is -2.33. The van der Waals surface area contributed by atoms with Crippen LogP contribution in [0, 0.1) is 6.92 Å². The molecule has 19 heteroatoms. The number of hydrogen-bond donors (Lipinski definition) is 3. The van der Waals surface area contributed by atoms with Gasteiger partial charge in [-0.25, -0.2) is 9.59 Å². The van der Waals surface area contributed by atoms with Crippen LogP contribution in [0.25, 0.3) is 0 Å². The molecule has 0 saturated carbocycles. The molecule has 2 heterocycles. The van der Waals surface area contributed by atoms with E-state index in [1.165, 1.54) is 13.1 Å². The molecule has 1 aliphatic carbocycles. The van der Waals surface area contributed by atoms with Gasteiger partial charge in [-0.3, -0.25) is 23.5 Å². The molecule has 244 valence electrons. The first-order valence-corrected chi connectivity index (χ1v) is 16.7. The third kappa shape index (κ3) is 12.4. The summed E-state index contributed by atoms with van der Waals surface area (Å²) in [7, 11) is -9.59. The molecular formula is C24H37N3O14P2-2. The fourth-order valence-corrected chi connectivity index (χ4v) is 5.73. The smallest absolute Gasteiger partial charge is 0.407 e. The van der Waals surface area contributed by atoms with Crippen molar-refractivity contribution in [1.82, 2.24) is 14.9 Å². The van der Waals surface area contributed by atoms with Crippen LogP contribution in [0.15, 0.2) is 27.9 Å². The van der Waals surface area contributed by atoms with Crippen molar-refractivity contribution in [2.45, 2.75) is 76.4 Å². The second kappa shape index (κ2) is 16.8. The van der Waals surface area contributed by atoms with E-state index in [9.17, 15) is 38.4 Å². The minimum absolute atomic E-state index is 0.0588. The number of amides is 1. The van der Waals surface area contributed by atoms with E-state index in [-0.39, 0.29) is 31.1 Å². The number of phosphoric acid groups is 2. The van der Waals surface area contributed by atoms with Gasteiger partial charge in [0.25, 0.3) is 21.2 Å². The first-order valence-electron chi connectivity index (χ1n) is 13.8. The maximum atomic E-state index is 12.1. The molecule has 17 nitrogen and oxygen atoms in total. The van der Waals surface area contributed by atoms with Crippen LogP contribution in [-0.4, -0.2) is 72.0 Å². The van der Waals surface area contributed by atoms with Gasteiger partial charge in [0.15, 0.2) is 0 Å². The highest BCUT2D eigenvalue weighted by Gasteiger charge is 2.36. The summed E-state index contributed by atoms with van der Waals surface area (Å²) in [5.74, 6) is 0. The van der Waals surface area contributed by atoms with E-state index in [4.69, 9.17) is 14.0 Å². The lowest BCUT2D eigenvalue weighted by atomic mass is 10.0. The lowest BCUT2D eigenvalue weighted by Gasteiger charge is -2.26. The second-order valence-electron chi connectivity index (χ2n) is 9.89. The Morgan fingerprint density at radius 1 is 1.09 bits per heavy atom. The Morgan fingerprint density at radius 2 is 1.77 bits per heavy atom. The molecule has 1 aromatic rings. The minimum atomic E-state index is -4.86. The minimum Gasteiger partial charge on any atom is -0.756 e. The third-order valence-electron chi connectivity index (χ3n) is 6.46. The Hall–Kier alpha value is -2.17. The van der Waals surface area contributed by atoms with Gasteiger partial charge in [-0.05, 0) is 45.4 Å².